The van der Waals surface area contributed by atoms with Crippen LogP contribution in [0.15, 0.2) is 46.9 Å². The molecule has 0 aliphatic carbocycles. The number of aryl methyl sites for hydroxylation is 2. The molecule has 5 nitrogen and oxygen atoms in total. The summed E-state index contributed by atoms with van der Waals surface area (Å²) in [7, 11) is 0. The van der Waals surface area contributed by atoms with Crippen molar-refractivity contribution in [2.45, 2.75) is 32.2 Å². The normalized spacial score (nSPS) is 14.7. The van der Waals surface area contributed by atoms with Gasteiger partial charge in [-0.05, 0) is 43.2 Å². The lowest BCUT2D eigenvalue weighted by Gasteiger charge is -2.05. The van der Waals surface area contributed by atoms with Gasteiger partial charge in [0.05, 0.1) is 11.0 Å². The highest BCUT2D eigenvalue weighted by atomic mass is 16.4. The van der Waals surface area contributed by atoms with Gasteiger partial charge in [-0.2, -0.15) is 4.98 Å². The Kier molecular flexibility index (Phi) is 3.04. The molecule has 24 heavy (non-hydrogen) atoms. The highest BCUT2D eigenvalue weighted by Crippen LogP contribution is 2.27. The molecular formula is C19H18N4O. The van der Waals surface area contributed by atoms with Crippen LogP contribution in [-0.2, 0) is 13.0 Å². The van der Waals surface area contributed by atoms with E-state index in [2.05, 4.69) is 33.1 Å². The van der Waals surface area contributed by atoms with Gasteiger partial charge in [0.25, 0.3) is 6.01 Å². The van der Waals surface area contributed by atoms with E-state index >= 15 is 0 Å². The van der Waals surface area contributed by atoms with E-state index in [4.69, 9.17) is 9.40 Å². The first kappa shape index (κ1) is 13.6. The average molecular weight is 318 g/mol. The van der Waals surface area contributed by atoms with Crippen LogP contribution >= 0.6 is 0 Å². The van der Waals surface area contributed by atoms with Gasteiger partial charge in [0.2, 0.25) is 0 Å². The van der Waals surface area contributed by atoms with Gasteiger partial charge >= 0.3 is 0 Å². The number of oxazole rings is 1. The maximum absolute atomic E-state index is 5.73. The monoisotopic (exact) mass is 318 g/mol. The third-order valence-electron chi connectivity index (χ3n) is 4.65. The van der Waals surface area contributed by atoms with E-state index in [-0.39, 0.29) is 0 Å². The number of fused-ring (bicyclic) bond motifs is 4. The van der Waals surface area contributed by atoms with Crippen molar-refractivity contribution < 1.29 is 4.42 Å². The highest BCUT2D eigenvalue weighted by molar-refractivity contribution is 5.82. The molecule has 1 N–H and O–H groups in total. The lowest BCUT2D eigenvalue weighted by Crippen LogP contribution is -2.00. The highest BCUT2D eigenvalue weighted by Gasteiger charge is 2.14. The van der Waals surface area contributed by atoms with Crippen molar-refractivity contribution in [3.63, 3.8) is 0 Å². The zero-order valence-corrected chi connectivity index (χ0v) is 13.3. The van der Waals surface area contributed by atoms with Crippen molar-refractivity contribution in [2.75, 3.05) is 5.32 Å². The van der Waals surface area contributed by atoms with Gasteiger partial charge in [-0.1, -0.05) is 18.6 Å². The number of anilines is 2. The molecule has 3 heterocycles. The lowest BCUT2D eigenvalue weighted by molar-refractivity contribution is 0.623. The fourth-order valence-corrected chi connectivity index (χ4v) is 3.48. The summed E-state index contributed by atoms with van der Waals surface area (Å²) in [4.78, 5) is 9.29. The van der Waals surface area contributed by atoms with Crippen LogP contribution in [0.4, 0.5) is 11.7 Å². The molecule has 2 aromatic carbocycles. The van der Waals surface area contributed by atoms with Crippen LogP contribution in [0, 0.1) is 0 Å². The first-order chi connectivity index (χ1) is 11.9. The quantitative estimate of drug-likeness (QED) is 0.584. The molecule has 0 saturated heterocycles. The zero-order chi connectivity index (χ0) is 15.9. The summed E-state index contributed by atoms with van der Waals surface area (Å²) in [5.41, 5.74) is 4.84. The smallest absolute Gasteiger partial charge is 0.300 e. The molecule has 0 spiro atoms. The predicted molar refractivity (Wildman–Crippen MR) is 94.6 cm³/mol. The van der Waals surface area contributed by atoms with Crippen molar-refractivity contribution in [3.05, 3.63) is 48.3 Å². The molecule has 0 fully saturated rings. The summed E-state index contributed by atoms with van der Waals surface area (Å²) in [5.74, 6) is 1.21. The standard InChI is InChI=1S/C19H18N4O/c1-2-8-18-21-15-12-13(9-10-16(15)23(18)11-5-1)20-19-22-14-6-3-4-7-17(14)24-19/h3-4,6-7,9-10,12H,1-2,5,8,11H2,(H,20,22). The number of nitrogens with one attached hydrogen (secondary N) is 1. The molecule has 0 amide bonds. The van der Waals surface area contributed by atoms with Crippen LogP contribution in [-0.4, -0.2) is 14.5 Å². The topological polar surface area (TPSA) is 55.9 Å². The number of rotatable bonds is 2. The van der Waals surface area contributed by atoms with Crippen LogP contribution in [0.5, 0.6) is 0 Å². The summed E-state index contributed by atoms with van der Waals surface area (Å²) in [6.45, 7) is 1.07. The van der Waals surface area contributed by atoms with Crippen LogP contribution in [0.2, 0.25) is 0 Å². The van der Waals surface area contributed by atoms with Crippen molar-refractivity contribution in [2.24, 2.45) is 0 Å². The summed E-state index contributed by atoms with van der Waals surface area (Å²) in [5, 5.41) is 3.25. The van der Waals surface area contributed by atoms with Gasteiger partial charge in [-0.3, -0.25) is 0 Å². The van der Waals surface area contributed by atoms with Gasteiger partial charge in [0.1, 0.15) is 11.3 Å². The minimum atomic E-state index is 0.510. The van der Waals surface area contributed by atoms with E-state index < -0.39 is 0 Å². The molecule has 1 aliphatic rings. The zero-order valence-electron chi connectivity index (χ0n) is 13.3. The SMILES string of the molecule is c1ccc2oc(Nc3ccc4c(c3)nc3n4CCCCC3)nc2c1. The largest absolute Gasteiger partial charge is 0.423 e. The maximum atomic E-state index is 5.73. The van der Waals surface area contributed by atoms with Gasteiger partial charge in [-0.25, -0.2) is 4.98 Å². The Hall–Kier alpha value is -2.82. The first-order valence-electron chi connectivity index (χ1n) is 8.49. The number of nitrogens with zero attached hydrogens (tertiary/aromatic N) is 3. The second-order valence-corrected chi connectivity index (χ2v) is 6.31. The summed E-state index contributed by atoms with van der Waals surface area (Å²) >= 11 is 0. The number of hydrogen-bond donors (Lipinski definition) is 1. The molecule has 4 aromatic rings. The van der Waals surface area contributed by atoms with Gasteiger partial charge in [0, 0.05) is 18.7 Å². The molecule has 2 aromatic heterocycles. The molecule has 0 radical (unpaired) electrons. The third-order valence-corrected chi connectivity index (χ3v) is 4.65. The molecule has 0 bridgehead atoms. The van der Waals surface area contributed by atoms with Crippen LogP contribution in [0.25, 0.3) is 22.1 Å². The second kappa shape index (κ2) is 5.37. The van der Waals surface area contributed by atoms with Gasteiger partial charge in [0.15, 0.2) is 5.58 Å². The molecule has 1 aliphatic heterocycles. The molecule has 5 heteroatoms. The van der Waals surface area contributed by atoms with Crippen molar-refractivity contribution in [3.8, 4) is 0 Å². The third kappa shape index (κ3) is 2.24. The van der Waals surface area contributed by atoms with Crippen molar-refractivity contribution in [1.29, 1.82) is 0 Å². The predicted octanol–water partition coefficient (Wildman–Crippen LogP) is 4.65. The van der Waals surface area contributed by atoms with Crippen LogP contribution < -0.4 is 5.32 Å². The van der Waals surface area contributed by atoms with E-state index in [9.17, 15) is 0 Å². The molecule has 0 saturated carbocycles. The number of benzene rings is 2. The lowest BCUT2D eigenvalue weighted by atomic mass is 10.2. The summed E-state index contributed by atoms with van der Waals surface area (Å²) < 4.78 is 8.10. The number of aromatic nitrogens is 3. The van der Waals surface area contributed by atoms with E-state index in [0.717, 1.165) is 35.3 Å². The minimum Gasteiger partial charge on any atom is -0.423 e. The minimum absolute atomic E-state index is 0.510. The van der Waals surface area contributed by atoms with Crippen LogP contribution in [0.1, 0.15) is 25.1 Å². The Balaban J connectivity index is 1.51. The van der Waals surface area contributed by atoms with E-state index in [0.29, 0.717) is 6.01 Å². The molecule has 5 rings (SSSR count). The average Bonchev–Trinajstić information content (AvgIpc) is 3.07. The van der Waals surface area contributed by atoms with Crippen molar-refractivity contribution in [1.82, 2.24) is 14.5 Å². The summed E-state index contributed by atoms with van der Waals surface area (Å²) in [6.07, 6.45) is 4.84. The fourth-order valence-electron chi connectivity index (χ4n) is 3.48. The summed E-state index contributed by atoms with van der Waals surface area (Å²) in [6, 6.07) is 14.6. The molecule has 0 atom stereocenters. The molecule has 120 valence electrons. The Labute approximate surface area is 139 Å². The van der Waals surface area contributed by atoms with Gasteiger partial charge < -0.3 is 14.3 Å². The number of hydrogen-bond acceptors (Lipinski definition) is 4. The van der Waals surface area contributed by atoms with E-state index in [1.54, 1.807) is 0 Å². The van der Waals surface area contributed by atoms with Crippen LogP contribution in [0.3, 0.4) is 0 Å². The van der Waals surface area contributed by atoms with Gasteiger partial charge in [-0.15, -0.1) is 0 Å². The molecular weight excluding hydrogens is 300 g/mol. The van der Waals surface area contributed by atoms with E-state index in [1.165, 1.54) is 30.6 Å². The first-order valence-corrected chi connectivity index (χ1v) is 8.49. The van der Waals surface area contributed by atoms with E-state index in [1.807, 2.05) is 24.3 Å². The number of para-hydroxylation sites is 2. The molecule has 0 unspecified atom stereocenters. The Bertz CT molecular complexity index is 997. The Morgan fingerprint density at radius 1 is 0.958 bits per heavy atom. The maximum Gasteiger partial charge on any atom is 0.300 e. The fraction of sp³-hybridized carbons (Fsp3) is 0.263. The Morgan fingerprint density at radius 2 is 1.92 bits per heavy atom. The number of imidazole rings is 1. The Morgan fingerprint density at radius 3 is 2.88 bits per heavy atom. The second-order valence-electron chi connectivity index (χ2n) is 6.31. The van der Waals surface area contributed by atoms with Crippen molar-refractivity contribution >= 4 is 33.8 Å².